The summed E-state index contributed by atoms with van der Waals surface area (Å²) >= 11 is 0. The summed E-state index contributed by atoms with van der Waals surface area (Å²) in [7, 11) is 1.84. The second kappa shape index (κ2) is 9.40. The minimum absolute atomic E-state index is 0.357. The predicted octanol–water partition coefficient (Wildman–Crippen LogP) is 2.43. The molecule has 0 saturated heterocycles. The van der Waals surface area contributed by atoms with Crippen LogP contribution in [0.25, 0.3) is 0 Å². The fourth-order valence-electron chi connectivity index (χ4n) is 2.16. The van der Waals surface area contributed by atoms with Gasteiger partial charge in [0.05, 0.1) is 0 Å². The van der Waals surface area contributed by atoms with Gasteiger partial charge in [-0.2, -0.15) is 0 Å². The van der Waals surface area contributed by atoms with Crippen molar-refractivity contribution < 1.29 is 19.0 Å². The first-order valence-electron chi connectivity index (χ1n) is 7.53. The third-order valence-electron chi connectivity index (χ3n) is 3.40. The zero-order chi connectivity index (χ0) is 17.2. The molecular formula is C18H18BNO4. The van der Waals surface area contributed by atoms with Crippen LogP contribution in [0.1, 0.15) is 11.1 Å². The van der Waals surface area contributed by atoms with Crippen LogP contribution in [0.15, 0.2) is 59.6 Å². The number of rotatable bonds is 8. The zero-order valence-electron chi connectivity index (χ0n) is 13.4. The summed E-state index contributed by atoms with van der Waals surface area (Å²) in [4.78, 5) is 15.6. The SMILES string of the molecule is COC(=O)[C@H](Cc1ccc(OCc2ccccc2)cc1)/N=C\B=O. The van der Waals surface area contributed by atoms with E-state index in [1.54, 1.807) is 0 Å². The molecule has 0 aliphatic rings. The summed E-state index contributed by atoms with van der Waals surface area (Å²) in [5.41, 5.74) is 2.00. The van der Waals surface area contributed by atoms with Crippen molar-refractivity contribution in [3.63, 3.8) is 0 Å². The van der Waals surface area contributed by atoms with Gasteiger partial charge in [-0.05, 0) is 0 Å². The van der Waals surface area contributed by atoms with Gasteiger partial charge in [0.2, 0.25) is 0 Å². The van der Waals surface area contributed by atoms with Crippen LogP contribution in [0.4, 0.5) is 0 Å². The van der Waals surface area contributed by atoms with Crippen LogP contribution in [0.2, 0.25) is 0 Å². The maximum atomic E-state index is 11.7. The van der Waals surface area contributed by atoms with Crippen LogP contribution in [0.3, 0.4) is 0 Å². The Morgan fingerprint density at radius 1 is 1.12 bits per heavy atom. The molecule has 0 N–H and O–H groups in total. The Morgan fingerprint density at radius 2 is 1.83 bits per heavy atom. The summed E-state index contributed by atoms with van der Waals surface area (Å²) < 4.78 is 20.8. The van der Waals surface area contributed by atoms with Gasteiger partial charge in [-0.3, -0.25) is 0 Å². The molecule has 2 rings (SSSR count). The molecule has 0 unspecified atom stereocenters. The van der Waals surface area contributed by atoms with E-state index in [9.17, 15) is 9.50 Å². The average molecular weight is 323 g/mol. The Labute approximate surface area is 141 Å². The quantitative estimate of drug-likeness (QED) is 0.425. The molecule has 0 aromatic heterocycles. The number of esters is 1. The number of hydrogen-bond acceptors (Lipinski definition) is 5. The van der Waals surface area contributed by atoms with Crippen molar-refractivity contribution in [1.82, 2.24) is 0 Å². The van der Waals surface area contributed by atoms with Crippen molar-refractivity contribution in [2.45, 2.75) is 19.1 Å². The van der Waals surface area contributed by atoms with Crippen molar-refractivity contribution in [2.75, 3.05) is 7.11 Å². The average Bonchev–Trinajstić information content (AvgIpc) is 2.64. The van der Waals surface area contributed by atoms with E-state index in [1.807, 2.05) is 54.6 Å². The second-order valence-corrected chi connectivity index (χ2v) is 5.10. The minimum atomic E-state index is -0.726. The van der Waals surface area contributed by atoms with Crippen LogP contribution < -0.4 is 4.74 Å². The van der Waals surface area contributed by atoms with E-state index >= 15 is 0 Å². The Hall–Kier alpha value is -2.76. The van der Waals surface area contributed by atoms with E-state index in [-0.39, 0.29) is 0 Å². The number of nitrogens with zero attached hydrogens (tertiary/aromatic N) is 1. The second-order valence-electron chi connectivity index (χ2n) is 5.10. The molecule has 0 radical (unpaired) electrons. The van der Waals surface area contributed by atoms with Gasteiger partial charge >= 0.3 is 123 Å². The molecule has 6 heteroatoms. The van der Waals surface area contributed by atoms with Gasteiger partial charge < -0.3 is 0 Å². The van der Waals surface area contributed by atoms with Crippen LogP contribution >= 0.6 is 0 Å². The summed E-state index contributed by atoms with van der Waals surface area (Å²) in [6.07, 6.45) is 1.43. The molecule has 0 saturated carbocycles. The molecular weight excluding hydrogens is 305 g/mol. The van der Waals surface area contributed by atoms with Crippen molar-refractivity contribution in [3.8, 4) is 5.75 Å². The molecule has 5 nitrogen and oxygen atoms in total. The van der Waals surface area contributed by atoms with Crippen molar-refractivity contribution >= 4 is 19.2 Å². The van der Waals surface area contributed by atoms with Gasteiger partial charge in [-0.25, -0.2) is 0 Å². The molecule has 24 heavy (non-hydrogen) atoms. The van der Waals surface area contributed by atoms with E-state index in [2.05, 4.69) is 4.99 Å². The fourth-order valence-corrected chi connectivity index (χ4v) is 2.16. The molecule has 1 atom stereocenters. The van der Waals surface area contributed by atoms with E-state index in [4.69, 9.17) is 9.47 Å². The Kier molecular flexibility index (Phi) is 6.89. The molecule has 0 spiro atoms. The van der Waals surface area contributed by atoms with Gasteiger partial charge in [-0.15, -0.1) is 0 Å². The van der Waals surface area contributed by atoms with Crippen LogP contribution in [0, 0.1) is 0 Å². The fraction of sp³-hybridized carbons (Fsp3) is 0.222. The van der Waals surface area contributed by atoms with Gasteiger partial charge in [0.15, 0.2) is 0 Å². The summed E-state index contributed by atoms with van der Waals surface area (Å²) in [5, 5.41) is 0. The van der Waals surface area contributed by atoms with Gasteiger partial charge in [0.25, 0.3) is 0 Å². The van der Waals surface area contributed by atoms with E-state index in [1.165, 1.54) is 7.11 Å². The van der Waals surface area contributed by atoms with E-state index in [0.29, 0.717) is 20.2 Å². The number of methoxy groups -OCH3 is 1. The standard InChI is InChI=1S/C18H18BNO4/c1-23-18(21)17(20-13-19-22)11-14-7-9-16(10-8-14)24-12-15-5-3-2-4-6-15/h2-10,13,17H,11-12H2,1H3/b20-13-/t17-/m0/s1. The van der Waals surface area contributed by atoms with E-state index < -0.39 is 12.0 Å². The van der Waals surface area contributed by atoms with Crippen LogP contribution in [-0.4, -0.2) is 32.4 Å². The summed E-state index contributed by atoms with van der Waals surface area (Å²) in [5.74, 6) is 0.270. The Bertz CT molecular complexity index is 686. The summed E-state index contributed by atoms with van der Waals surface area (Å²) in [6.45, 7) is 0.495. The Balaban J connectivity index is 1.96. The van der Waals surface area contributed by atoms with E-state index in [0.717, 1.165) is 23.0 Å². The monoisotopic (exact) mass is 323 g/mol. The normalized spacial score (nSPS) is 11.7. The van der Waals surface area contributed by atoms with Gasteiger partial charge in [0.1, 0.15) is 0 Å². The molecule has 2 aromatic carbocycles. The molecule has 0 aliphatic heterocycles. The molecule has 0 heterocycles. The first-order chi connectivity index (χ1) is 11.7. The number of aliphatic imine (C=N–C) groups is 1. The molecule has 0 bridgehead atoms. The molecule has 0 fully saturated rings. The topological polar surface area (TPSA) is 65.0 Å². The number of carbonyl (C=O) groups excluding carboxylic acids is 1. The third-order valence-corrected chi connectivity index (χ3v) is 3.40. The van der Waals surface area contributed by atoms with Gasteiger partial charge in [0, 0.05) is 0 Å². The number of ether oxygens (including phenoxy) is 2. The third kappa shape index (κ3) is 5.46. The maximum absolute atomic E-state index is 11.7. The van der Waals surface area contributed by atoms with Gasteiger partial charge in [-0.1, -0.05) is 18.2 Å². The van der Waals surface area contributed by atoms with Crippen molar-refractivity contribution in [3.05, 3.63) is 65.7 Å². The molecule has 2 aromatic rings. The number of carbonyl (C=O) groups is 1. The number of benzene rings is 2. The molecule has 122 valence electrons. The molecule has 0 aliphatic carbocycles. The first kappa shape index (κ1) is 17.6. The Morgan fingerprint density at radius 3 is 2.46 bits per heavy atom. The molecule has 0 amide bonds. The predicted molar refractivity (Wildman–Crippen MR) is 91.7 cm³/mol. The summed E-state index contributed by atoms with van der Waals surface area (Å²) in [6, 6.07) is 16.6. The van der Waals surface area contributed by atoms with Crippen LogP contribution in [-0.2, 0) is 27.3 Å². The van der Waals surface area contributed by atoms with Crippen molar-refractivity contribution in [2.24, 2.45) is 4.99 Å². The van der Waals surface area contributed by atoms with Crippen LogP contribution in [0.5, 0.6) is 5.75 Å². The first-order valence-corrected chi connectivity index (χ1v) is 7.53. The van der Waals surface area contributed by atoms with Crippen molar-refractivity contribution in [1.29, 1.82) is 0 Å². The zero-order valence-corrected chi connectivity index (χ0v) is 13.4. The number of hydrogen-bond donors (Lipinski definition) is 0.